The average molecular weight is 199 g/mol. The van der Waals surface area contributed by atoms with Crippen molar-refractivity contribution in [1.29, 1.82) is 0 Å². The van der Waals surface area contributed by atoms with Gasteiger partial charge >= 0.3 is 6.03 Å². The normalized spacial score (nSPS) is 18.7. The van der Waals surface area contributed by atoms with E-state index in [4.69, 9.17) is 0 Å². The lowest BCUT2D eigenvalue weighted by Gasteiger charge is -2.28. The summed E-state index contributed by atoms with van der Waals surface area (Å²) in [7, 11) is 0. The molecule has 1 heterocycles. The van der Waals surface area contributed by atoms with Gasteiger partial charge in [-0.1, -0.05) is 6.92 Å². The molecule has 0 aromatic heterocycles. The maximum absolute atomic E-state index is 11.5. The number of nitrogens with one attached hydrogen (secondary N) is 2. The number of hydrogen-bond donors (Lipinski definition) is 2. The minimum Gasteiger partial charge on any atom is -0.353 e. The molecule has 14 heavy (non-hydrogen) atoms. The topological polar surface area (TPSA) is 61.4 Å². The van der Waals surface area contributed by atoms with Gasteiger partial charge in [-0.15, -0.1) is 0 Å². The van der Waals surface area contributed by atoms with E-state index in [1.54, 1.807) is 0 Å². The SMILES string of the molecule is CC[C@H](C)NC(=O)N1CCNC(=O)C1. The Balaban J connectivity index is 2.39. The van der Waals surface area contributed by atoms with Crippen LogP contribution in [0.15, 0.2) is 0 Å². The number of carbonyl (C=O) groups excluding carboxylic acids is 2. The van der Waals surface area contributed by atoms with Crippen molar-refractivity contribution >= 4 is 11.9 Å². The highest BCUT2D eigenvalue weighted by Crippen LogP contribution is 1.96. The van der Waals surface area contributed by atoms with Gasteiger partial charge in [0, 0.05) is 19.1 Å². The van der Waals surface area contributed by atoms with Crippen LogP contribution in [0.4, 0.5) is 4.79 Å². The van der Waals surface area contributed by atoms with Crippen molar-refractivity contribution in [2.45, 2.75) is 26.3 Å². The Kier molecular flexibility index (Phi) is 3.73. The molecule has 80 valence electrons. The fourth-order valence-electron chi connectivity index (χ4n) is 1.22. The summed E-state index contributed by atoms with van der Waals surface area (Å²) >= 11 is 0. The summed E-state index contributed by atoms with van der Waals surface area (Å²) in [5.41, 5.74) is 0. The maximum atomic E-state index is 11.5. The van der Waals surface area contributed by atoms with Gasteiger partial charge in [0.15, 0.2) is 0 Å². The molecular weight excluding hydrogens is 182 g/mol. The first-order valence-electron chi connectivity index (χ1n) is 4.95. The molecule has 0 spiro atoms. The zero-order valence-corrected chi connectivity index (χ0v) is 8.67. The molecule has 1 aliphatic heterocycles. The first-order valence-corrected chi connectivity index (χ1v) is 4.95. The molecule has 0 saturated carbocycles. The molecule has 0 bridgehead atoms. The van der Waals surface area contributed by atoms with Crippen molar-refractivity contribution in [3.8, 4) is 0 Å². The fraction of sp³-hybridized carbons (Fsp3) is 0.778. The molecule has 1 fully saturated rings. The minimum absolute atomic E-state index is 0.0875. The molecule has 0 unspecified atom stereocenters. The van der Waals surface area contributed by atoms with Crippen molar-refractivity contribution in [3.63, 3.8) is 0 Å². The van der Waals surface area contributed by atoms with Gasteiger partial charge < -0.3 is 15.5 Å². The summed E-state index contributed by atoms with van der Waals surface area (Å²) in [6, 6.07) is 0.0155. The third kappa shape index (κ3) is 2.90. The predicted molar refractivity (Wildman–Crippen MR) is 52.9 cm³/mol. The molecule has 1 aliphatic rings. The third-order valence-electron chi connectivity index (χ3n) is 2.31. The van der Waals surface area contributed by atoms with E-state index in [2.05, 4.69) is 10.6 Å². The molecule has 0 aromatic carbocycles. The molecular formula is C9H17N3O2. The van der Waals surface area contributed by atoms with E-state index in [0.29, 0.717) is 13.1 Å². The highest BCUT2D eigenvalue weighted by molar-refractivity contribution is 5.85. The number of nitrogens with zero attached hydrogens (tertiary/aromatic N) is 1. The number of hydrogen-bond acceptors (Lipinski definition) is 2. The van der Waals surface area contributed by atoms with Crippen LogP contribution in [0.5, 0.6) is 0 Å². The molecule has 5 nitrogen and oxygen atoms in total. The molecule has 1 rings (SSSR count). The Labute approximate surface area is 83.8 Å². The highest BCUT2D eigenvalue weighted by atomic mass is 16.2. The summed E-state index contributed by atoms with van der Waals surface area (Å²) in [6.45, 7) is 5.26. The lowest BCUT2D eigenvalue weighted by molar-refractivity contribution is -0.123. The van der Waals surface area contributed by atoms with Crippen LogP contribution >= 0.6 is 0 Å². The van der Waals surface area contributed by atoms with Gasteiger partial charge in [-0.3, -0.25) is 4.79 Å². The number of carbonyl (C=O) groups is 2. The van der Waals surface area contributed by atoms with Crippen molar-refractivity contribution in [3.05, 3.63) is 0 Å². The van der Waals surface area contributed by atoms with Crippen LogP contribution in [-0.4, -0.2) is 42.5 Å². The summed E-state index contributed by atoms with van der Waals surface area (Å²) in [6.07, 6.45) is 0.895. The van der Waals surface area contributed by atoms with Crippen molar-refractivity contribution in [1.82, 2.24) is 15.5 Å². The zero-order valence-electron chi connectivity index (χ0n) is 8.67. The maximum Gasteiger partial charge on any atom is 0.318 e. The number of urea groups is 1. The van der Waals surface area contributed by atoms with Crippen LogP contribution in [0, 0.1) is 0 Å². The average Bonchev–Trinajstić information content (AvgIpc) is 2.17. The van der Waals surface area contributed by atoms with Gasteiger partial charge in [0.25, 0.3) is 0 Å². The number of amides is 3. The second kappa shape index (κ2) is 4.83. The molecule has 2 N–H and O–H groups in total. The van der Waals surface area contributed by atoms with Crippen LogP contribution in [0.3, 0.4) is 0 Å². The van der Waals surface area contributed by atoms with Gasteiger partial charge in [-0.05, 0) is 13.3 Å². The first-order chi connectivity index (χ1) is 6.63. The van der Waals surface area contributed by atoms with E-state index in [0.717, 1.165) is 6.42 Å². The third-order valence-corrected chi connectivity index (χ3v) is 2.31. The monoisotopic (exact) mass is 199 g/mol. The lowest BCUT2D eigenvalue weighted by Crippen LogP contribution is -2.54. The Morgan fingerprint density at radius 2 is 2.43 bits per heavy atom. The van der Waals surface area contributed by atoms with Crippen molar-refractivity contribution in [2.24, 2.45) is 0 Å². The van der Waals surface area contributed by atoms with Gasteiger partial charge in [-0.2, -0.15) is 0 Å². The summed E-state index contributed by atoms with van der Waals surface area (Å²) in [4.78, 5) is 24.1. The predicted octanol–water partition coefficient (Wildman–Crippen LogP) is -0.0737. The standard InChI is InChI=1S/C9H17N3O2/c1-3-7(2)11-9(14)12-5-4-10-8(13)6-12/h7H,3-6H2,1-2H3,(H,10,13)(H,11,14)/t7-/m0/s1. The Bertz CT molecular complexity index is 230. The zero-order chi connectivity index (χ0) is 10.6. The highest BCUT2D eigenvalue weighted by Gasteiger charge is 2.21. The van der Waals surface area contributed by atoms with Crippen LogP contribution in [-0.2, 0) is 4.79 Å². The van der Waals surface area contributed by atoms with E-state index in [-0.39, 0.29) is 24.5 Å². The molecule has 1 saturated heterocycles. The second-order valence-electron chi connectivity index (χ2n) is 3.53. The van der Waals surface area contributed by atoms with E-state index in [1.807, 2.05) is 13.8 Å². The Hall–Kier alpha value is -1.26. The summed E-state index contributed by atoms with van der Waals surface area (Å²) in [5.74, 6) is -0.0875. The van der Waals surface area contributed by atoms with E-state index in [9.17, 15) is 9.59 Å². The molecule has 0 radical (unpaired) electrons. The van der Waals surface area contributed by atoms with Gasteiger partial charge in [0.05, 0.1) is 0 Å². The molecule has 1 atom stereocenters. The molecule has 0 aliphatic carbocycles. The van der Waals surface area contributed by atoms with Gasteiger partial charge in [-0.25, -0.2) is 4.79 Å². The van der Waals surface area contributed by atoms with E-state index < -0.39 is 0 Å². The fourth-order valence-corrected chi connectivity index (χ4v) is 1.22. The van der Waals surface area contributed by atoms with Crippen LogP contribution in [0.2, 0.25) is 0 Å². The van der Waals surface area contributed by atoms with Crippen LogP contribution in [0.1, 0.15) is 20.3 Å². The summed E-state index contributed by atoms with van der Waals surface area (Å²) < 4.78 is 0. The molecule has 3 amide bonds. The van der Waals surface area contributed by atoms with E-state index in [1.165, 1.54) is 4.90 Å². The quantitative estimate of drug-likeness (QED) is 0.653. The number of piperazine rings is 1. The van der Waals surface area contributed by atoms with Gasteiger partial charge in [0.2, 0.25) is 5.91 Å². The molecule has 0 aromatic rings. The van der Waals surface area contributed by atoms with Gasteiger partial charge in [0.1, 0.15) is 6.54 Å². The minimum atomic E-state index is -0.144. The van der Waals surface area contributed by atoms with Crippen LogP contribution in [0.25, 0.3) is 0 Å². The van der Waals surface area contributed by atoms with Crippen LogP contribution < -0.4 is 10.6 Å². The number of rotatable bonds is 2. The first kappa shape index (κ1) is 10.8. The van der Waals surface area contributed by atoms with Crippen molar-refractivity contribution < 1.29 is 9.59 Å². The Morgan fingerprint density at radius 3 is 3.00 bits per heavy atom. The molecule has 5 heteroatoms. The Morgan fingerprint density at radius 1 is 1.71 bits per heavy atom. The second-order valence-corrected chi connectivity index (χ2v) is 3.53. The largest absolute Gasteiger partial charge is 0.353 e. The van der Waals surface area contributed by atoms with E-state index >= 15 is 0 Å². The van der Waals surface area contributed by atoms with Crippen molar-refractivity contribution in [2.75, 3.05) is 19.6 Å². The summed E-state index contributed by atoms with van der Waals surface area (Å²) in [5, 5.41) is 5.50. The smallest absolute Gasteiger partial charge is 0.318 e. The lowest BCUT2D eigenvalue weighted by atomic mass is 10.2.